The first-order valence-corrected chi connectivity index (χ1v) is 8.86. The molecule has 0 spiro atoms. The monoisotopic (exact) mass is 398 g/mol. The second kappa shape index (κ2) is 7.19. The number of halogens is 1. The summed E-state index contributed by atoms with van der Waals surface area (Å²) in [6.45, 7) is 6.46. The molecule has 0 aliphatic carbocycles. The Hall–Kier alpha value is -2.47. The predicted molar refractivity (Wildman–Crippen MR) is 102 cm³/mol. The molecular formula is C19H19BrN4O. The van der Waals surface area contributed by atoms with Crippen LogP contribution in [0.3, 0.4) is 0 Å². The van der Waals surface area contributed by atoms with Gasteiger partial charge in [0.25, 0.3) is 5.91 Å². The summed E-state index contributed by atoms with van der Waals surface area (Å²) in [5, 5.41) is 4.47. The Labute approximate surface area is 155 Å². The highest BCUT2D eigenvalue weighted by Gasteiger charge is 2.17. The number of carbonyl (C=O) groups is 1. The predicted octanol–water partition coefficient (Wildman–Crippen LogP) is 4.31. The van der Waals surface area contributed by atoms with E-state index >= 15 is 0 Å². The molecule has 5 nitrogen and oxygen atoms in total. The number of pyridine rings is 1. The summed E-state index contributed by atoms with van der Waals surface area (Å²) in [5.74, 6) is 0.565. The number of nitrogens with zero attached hydrogens (tertiary/aromatic N) is 4. The smallest absolute Gasteiger partial charge is 0.259 e. The zero-order chi connectivity index (χ0) is 18.0. The molecule has 3 aromatic rings. The Kier molecular flexibility index (Phi) is 4.99. The van der Waals surface area contributed by atoms with Gasteiger partial charge in [0.15, 0.2) is 0 Å². The summed E-state index contributed by atoms with van der Waals surface area (Å²) >= 11 is 3.36. The van der Waals surface area contributed by atoms with Crippen LogP contribution < -0.4 is 4.90 Å². The lowest BCUT2D eigenvalue weighted by atomic mass is 10.1. The third-order valence-electron chi connectivity index (χ3n) is 3.92. The summed E-state index contributed by atoms with van der Waals surface area (Å²) in [5.41, 5.74) is 3.59. The molecular weight excluding hydrogens is 380 g/mol. The molecule has 0 saturated heterocycles. The molecule has 25 heavy (non-hydrogen) atoms. The molecule has 0 N–H and O–H groups in total. The van der Waals surface area contributed by atoms with E-state index in [1.54, 1.807) is 11.1 Å². The van der Waals surface area contributed by atoms with Crippen molar-refractivity contribution in [2.75, 3.05) is 11.4 Å². The zero-order valence-corrected chi connectivity index (χ0v) is 16.0. The highest BCUT2D eigenvalue weighted by Crippen LogP contribution is 2.19. The van der Waals surface area contributed by atoms with Crippen LogP contribution in [0.5, 0.6) is 0 Å². The number of carbonyl (C=O) groups excluding carboxylic acids is 1. The van der Waals surface area contributed by atoms with Crippen LogP contribution in [-0.2, 0) is 0 Å². The Morgan fingerprint density at radius 1 is 1.16 bits per heavy atom. The first-order chi connectivity index (χ1) is 12.0. The molecule has 0 aliphatic heterocycles. The molecule has 0 radical (unpaired) electrons. The molecule has 0 aliphatic rings. The lowest BCUT2D eigenvalue weighted by molar-refractivity contribution is 0.0987. The van der Waals surface area contributed by atoms with E-state index in [1.165, 1.54) is 0 Å². The van der Waals surface area contributed by atoms with Gasteiger partial charge in [0.2, 0.25) is 0 Å². The van der Waals surface area contributed by atoms with E-state index in [9.17, 15) is 4.79 Å². The normalized spacial score (nSPS) is 10.7. The molecule has 0 saturated carbocycles. The molecule has 3 rings (SSSR count). The Morgan fingerprint density at radius 2 is 1.88 bits per heavy atom. The van der Waals surface area contributed by atoms with E-state index in [1.807, 2.05) is 67.9 Å². The van der Waals surface area contributed by atoms with Gasteiger partial charge in [-0.25, -0.2) is 9.67 Å². The molecule has 0 bridgehead atoms. The fourth-order valence-electron chi connectivity index (χ4n) is 2.73. The first kappa shape index (κ1) is 17.4. The molecule has 0 unspecified atom stereocenters. The fraction of sp³-hybridized carbons (Fsp3) is 0.211. The van der Waals surface area contributed by atoms with Gasteiger partial charge in [-0.2, -0.15) is 5.10 Å². The maximum atomic E-state index is 12.8. The second-order valence-electron chi connectivity index (χ2n) is 5.77. The van der Waals surface area contributed by atoms with Crippen LogP contribution in [0.25, 0.3) is 5.69 Å². The maximum absolute atomic E-state index is 12.8. The van der Waals surface area contributed by atoms with Crippen molar-refractivity contribution in [2.45, 2.75) is 20.8 Å². The van der Waals surface area contributed by atoms with Gasteiger partial charge in [-0.15, -0.1) is 0 Å². The van der Waals surface area contributed by atoms with Crippen molar-refractivity contribution in [2.24, 2.45) is 0 Å². The summed E-state index contributed by atoms with van der Waals surface area (Å²) in [4.78, 5) is 18.8. The Bertz CT molecular complexity index is 885. The third-order valence-corrected chi connectivity index (χ3v) is 4.39. The number of rotatable bonds is 4. The molecule has 2 heterocycles. The number of hydrogen-bond acceptors (Lipinski definition) is 3. The summed E-state index contributed by atoms with van der Waals surface area (Å²) < 4.78 is 2.76. The molecule has 1 amide bonds. The highest BCUT2D eigenvalue weighted by atomic mass is 79.9. The molecule has 2 aromatic heterocycles. The van der Waals surface area contributed by atoms with Crippen LogP contribution in [0.15, 0.2) is 53.1 Å². The van der Waals surface area contributed by atoms with Crippen molar-refractivity contribution in [3.63, 3.8) is 0 Å². The number of anilines is 1. The summed E-state index contributed by atoms with van der Waals surface area (Å²) in [7, 11) is 0. The summed E-state index contributed by atoms with van der Waals surface area (Å²) in [6.07, 6.45) is 1.69. The van der Waals surface area contributed by atoms with Crippen LogP contribution in [0.1, 0.15) is 28.7 Å². The minimum Gasteiger partial charge on any atom is -0.293 e. The van der Waals surface area contributed by atoms with E-state index in [0.29, 0.717) is 17.9 Å². The number of amides is 1. The highest BCUT2D eigenvalue weighted by molar-refractivity contribution is 9.10. The van der Waals surface area contributed by atoms with Crippen molar-refractivity contribution in [1.29, 1.82) is 0 Å². The van der Waals surface area contributed by atoms with Crippen molar-refractivity contribution in [3.8, 4) is 5.69 Å². The average Bonchev–Trinajstić information content (AvgIpc) is 2.95. The summed E-state index contributed by atoms with van der Waals surface area (Å²) in [6, 6.07) is 13.2. The Morgan fingerprint density at radius 3 is 2.40 bits per heavy atom. The number of benzene rings is 1. The zero-order valence-electron chi connectivity index (χ0n) is 14.4. The fourth-order valence-corrected chi connectivity index (χ4v) is 2.96. The largest absolute Gasteiger partial charge is 0.293 e. The van der Waals surface area contributed by atoms with Crippen LogP contribution in [-0.4, -0.2) is 27.2 Å². The maximum Gasteiger partial charge on any atom is 0.259 e. The van der Waals surface area contributed by atoms with Crippen LogP contribution >= 0.6 is 15.9 Å². The minimum absolute atomic E-state index is 0.0720. The third kappa shape index (κ3) is 3.64. The van der Waals surface area contributed by atoms with Gasteiger partial charge in [-0.3, -0.25) is 9.69 Å². The van der Waals surface area contributed by atoms with E-state index in [2.05, 4.69) is 26.0 Å². The Balaban J connectivity index is 1.86. The van der Waals surface area contributed by atoms with E-state index < -0.39 is 0 Å². The lowest BCUT2D eigenvalue weighted by Crippen LogP contribution is -2.31. The van der Waals surface area contributed by atoms with E-state index in [-0.39, 0.29) is 5.91 Å². The number of aryl methyl sites for hydroxylation is 2. The molecule has 0 atom stereocenters. The van der Waals surface area contributed by atoms with Gasteiger partial charge in [0.1, 0.15) is 5.82 Å². The topological polar surface area (TPSA) is 51.0 Å². The molecule has 6 heteroatoms. The van der Waals surface area contributed by atoms with E-state index in [0.717, 1.165) is 21.5 Å². The van der Waals surface area contributed by atoms with Crippen molar-refractivity contribution in [3.05, 3.63) is 70.1 Å². The SMILES string of the molecule is CCN(C(=O)c1ccc(-n2nc(C)cc2C)cc1)c1ccc(Br)cn1. The van der Waals surface area contributed by atoms with Gasteiger partial charge in [-0.05, 0) is 79.2 Å². The van der Waals surface area contributed by atoms with Crippen LogP contribution in [0.4, 0.5) is 5.82 Å². The van der Waals surface area contributed by atoms with Gasteiger partial charge < -0.3 is 0 Å². The van der Waals surface area contributed by atoms with Crippen molar-refractivity contribution in [1.82, 2.24) is 14.8 Å². The van der Waals surface area contributed by atoms with Gasteiger partial charge >= 0.3 is 0 Å². The van der Waals surface area contributed by atoms with E-state index in [4.69, 9.17) is 0 Å². The molecule has 1 aromatic carbocycles. The van der Waals surface area contributed by atoms with Crippen molar-refractivity contribution < 1.29 is 4.79 Å². The van der Waals surface area contributed by atoms with Gasteiger partial charge in [0, 0.05) is 28.5 Å². The van der Waals surface area contributed by atoms with Gasteiger partial charge in [0.05, 0.1) is 11.4 Å². The number of hydrogen-bond donors (Lipinski definition) is 0. The van der Waals surface area contributed by atoms with Crippen LogP contribution in [0, 0.1) is 13.8 Å². The molecule has 128 valence electrons. The first-order valence-electron chi connectivity index (χ1n) is 8.06. The average molecular weight is 399 g/mol. The second-order valence-corrected chi connectivity index (χ2v) is 6.69. The molecule has 0 fully saturated rings. The van der Waals surface area contributed by atoms with Crippen molar-refractivity contribution >= 4 is 27.7 Å². The minimum atomic E-state index is -0.0720. The quantitative estimate of drug-likeness (QED) is 0.657. The van der Waals surface area contributed by atoms with Crippen LogP contribution in [0.2, 0.25) is 0 Å². The lowest BCUT2D eigenvalue weighted by Gasteiger charge is -2.20. The standard InChI is InChI=1S/C19H19BrN4O/c1-4-23(18-10-7-16(20)12-21-18)19(25)15-5-8-17(9-6-15)24-14(3)11-13(2)22-24/h5-12H,4H2,1-3H3. The van der Waals surface area contributed by atoms with Gasteiger partial charge in [-0.1, -0.05) is 0 Å². The number of aromatic nitrogens is 3.